The molecular weight excluding hydrogens is 277 g/mol. The zero-order chi connectivity index (χ0) is 11.1. The summed E-state index contributed by atoms with van der Waals surface area (Å²) in [5.41, 5.74) is 0.969. The van der Waals surface area contributed by atoms with Crippen LogP contribution in [0.5, 0.6) is 0 Å². The monoisotopic (exact) mass is 291 g/mol. The van der Waals surface area contributed by atoms with E-state index in [9.17, 15) is 0 Å². The van der Waals surface area contributed by atoms with Crippen LogP contribution in [0.4, 0.5) is 5.69 Å². The van der Waals surface area contributed by atoms with Crippen LogP contribution in [0, 0.1) is 0 Å². The molecule has 4 heteroatoms. The summed E-state index contributed by atoms with van der Waals surface area (Å²) in [7, 11) is 0. The molecule has 0 atom stereocenters. The minimum Gasteiger partial charge on any atom is -0.384 e. The number of hydrogen-bond donors (Lipinski definition) is 1. The third kappa shape index (κ3) is 4.87. The fourth-order valence-corrected chi connectivity index (χ4v) is 1.91. The fraction of sp³-hybridized carbons (Fsp3) is 0.455. The first kappa shape index (κ1) is 12.8. The normalized spacial score (nSPS) is 10.3. The zero-order valence-electron chi connectivity index (χ0n) is 8.72. The molecule has 84 valence electrons. The highest BCUT2D eigenvalue weighted by Crippen LogP contribution is 2.25. The van der Waals surface area contributed by atoms with Gasteiger partial charge in [0.15, 0.2) is 0 Å². The van der Waals surface area contributed by atoms with Crippen molar-refractivity contribution < 1.29 is 4.74 Å². The summed E-state index contributed by atoms with van der Waals surface area (Å²) in [6, 6.07) is 5.82. The lowest BCUT2D eigenvalue weighted by molar-refractivity contribution is 0.147. The Bertz CT molecular complexity index is 307. The van der Waals surface area contributed by atoms with Crippen molar-refractivity contribution >= 4 is 33.2 Å². The molecular formula is C11H15BrClNO. The first-order chi connectivity index (χ1) is 7.24. The topological polar surface area (TPSA) is 21.3 Å². The minimum absolute atomic E-state index is 0.737. The Morgan fingerprint density at radius 3 is 2.93 bits per heavy atom. The quantitative estimate of drug-likeness (QED) is 0.802. The molecule has 0 aliphatic rings. The van der Waals surface area contributed by atoms with Crippen LogP contribution in [0.15, 0.2) is 22.7 Å². The van der Waals surface area contributed by atoms with Crippen molar-refractivity contribution in [2.75, 3.05) is 25.1 Å². The molecule has 15 heavy (non-hydrogen) atoms. The van der Waals surface area contributed by atoms with Gasteiger partial charge in [0.05, 0.1) is 10.7 Å². The molecule has 1 N–H and O–H groups in total. The summed E-state index contributed by atoms with van der Waals surface area (Å²) in [5, 5.41) is 4.00. The van der Waals surface area contributed by atoms with E-state index in [1.807, 2.05) is 25.1 Å². The summed E-state index contributed by atoms with van der Waals surface area (Å²) in [5.74, 6) is 0. The van der Waals surface area contributed by atoms with Crippen molar-refractivity contribution in [3.63, 3.8) is 0 Å². The van der Waals surface area contributed by atoms with E-state index in [4.69, 9.17) is 16.3 Å². The molecule has 1 rings (SSSR count). The Morgan fingerprint density at radius 1 is 1.47 bits per heavy atom. The Kier molecular flexibility index (Phi) is 6.06. The molecule has 0 aliphatic heterocycles. The molecule has 0 fully saturated rings. The van der Waals surface area contributed by atoms with E-state index in [0.717, 1.165) is 41.4 Å². The maximum Gasteiger partial charge on any atom is 0.0648 e. The fourth-order valence-electron chi connectivity index (χ4n) is 1.17. The van der Waals surface area contributed by atoms with Gasteiger partial charge in [-0.15, -0.1) is 0 Å². The lowest BCUT2D eigenvalue weighted by Gasteiger charge is -2.08. The molecule has 2 nitrogen and oxygen atoms in total. The van der Waals surface area contributed by atoms with Crippen molar-refractivity contribution in [2.45, 2.75) is 13.3 Å². The number of halogens is 2. The molecule has 0 radical (unpaired) electrons. The van der Waals surface area contributed by atoms with E-state index < -0.39 is 0 Å². The van der Waals surface area contributed by atoms with Crippen LogP contribution in [0.1, 0.15) is 13.3 Å². The number of benzene rings is 1. The van der Waals surface area contributed by atoms with Gasteiger partial charge < -0.3 is 10.1 Å². The number of hydrogen-bond acceptors (Lipinski definition) is 2. The van der Waals surface area contributed by atoms with E-state index in [1.165, 1.54) is 0 Å². The SMILES string of the molecule is CCOCCCNc1ccc(Br)cc1Cl. The van der Waals surface area contributed by atoms with E-state index in [2.05, 4.69) is 21.2 Å². The van der Waals surface area contributed by atoms with Crippen molar-refractivity contribution in [1.29, 1.82) is 0 Å². The smallest absolute Gasteiger partial charge is 0.0648 e. The average Bonchev–Trinajstić information content (AvgIpc) is 2.20. The van der Waals surface area contributed by atoms with Crippen molar-refractivity contribution in [3.8, 4) is 0 Å². The lowest BCUT2D eigenvalue weighted by Crippen LogP contribution is -2.05. The Hall–Kier alpha value is -0.250. The highest BCUT2D eigenvalue weighted by molar-refractivity contribution is 9.10. The van der Waals surface area contributed by atoms with Crippen LogP contribution in [0.25, 0.3) is 0 Å². The highest BCUT2D eigenvalue weighted by atomic mass is 79.9. The van der Waals surface area contributed by atoms with Crippen LogP contribution in [0.3, 0.4) is 0 Å². The molecule has 0 amide bonds. The number of anilines is 1. The zero-order valence-corrected chi connectivity index (χ0v) is 11.1. The molecule has 0 aromatic heterocycles. The van der Waals surface area contributed by atoms with Crippen molar-refractivity contribution in [1.82, 2.24) is 0 Å². The van der Waals surface area contributed by atoms with Gasteiger partial charge in [0.2, 0.25) is 0 Å². The molecule has 1 aromatic carbocycles. The minimum atomic E-state index is 0.737. The summed E-state index contributed by atoms with van der Waals surface area (Å²) in [6.07, 6.45) is 0.986. The van der Waals surface area contributed by atoms with E-state index >= 15 is 0 Å². The number of rotatable bonds is 6. The third-order valence-corrected chi connectivity index (χ3v) is 2.72. The molecule has 0 spiro atoms. The summed E-state index contributed by atoms with van der Waals surface area (Å²) >= 11 is 9.41. The highest BCUT2D eigenvalue weighted by Gasteiger charge is 1.99. The molecule has 0 saturated carbocycles. The third-order valence-electron chi connectivity index (χ3n) is 1.92. The van der Waals surface area contributed by atoms with Crippen LogP contribution in [-0.4, -0.2) is 19.8 Å². The van der Waals surface area contributed by atoms with Crippen molar-refractivity contribution in [2.24, 2.45) is 0 Å². The maximum atomic E-state index is 6.05. The van der Waals surface area contributed by atoms with E-state index in [1.54, 1.807) is 0 Å². The van der Waals surface area contributed by atoms with Crippen LogP contribution < -0.4 is 5.32 Å². The van der Waals surface area contributed by atoms with Gasteiger partial charge in [-0.1, -0.05) is 27.5 Å². The predicted octanol–water partition coefficient (Wildman–Crippen LogP) is 3.94. The largest absolute Gasteiger partial charge is 0.384 e. The molecule has 0 aliphatic carbocycles. The van der Waals surface area contributed by atoms with E-state index in [0.29, 0.717) is 0 Å². The van der Waals surface area contributed by atoms with Gasteiger partial charge >= 0.3 is 0 Å². The van der Waals surface area contributed by atoms with Gasteiger partial charge in [0.25, 0.3) is 0 Å². The van der Waals surface area contributed by atoms with Crippen molar-refractivity contribution in [3.05, 3.63) is 27.7 Å². The Labute approximate surface area is 104 Å². The average molecular weight is 293 g/mol. The molecule has 0 saturated heterocycles. The standard InChI is InChI=1S/C11H15BrClNO/c1-2-15-7-3-6-14-11-5-4-9(12)8-10(11)13/h4-5,8,14H,2-3,6-7H2,1H3. The van der Waals surface area contributed by atoms with Gasteiger partial charge in [-0.25, -0.2) is 0 Å². The van der Waals surface area contributed by atoms with Gasteiger partial charge in [0.1, 0.15) is 0 Å². The Morgan fingerprint density at radius 2 is 2.27 bits per heavy atom. The van der Waals surface area contributed by atoms with Gasteiger partial charge in [0, 0.05) is 24.2 Å². The Balaban J connectivity index is 2.31. The molecule has 0 heterocycles. The van der Waals surface area contributed by atoms with Gasteiger partial charge in [-0.3, -0.25) is 0 Å². The summed E-state index contributed by atoms with van der Waals surface area (Å²) in [4.78, 5) is 0. The second-order valence-electron chi connectivity index (χ2n) is 3.10. The first-order valence-electron chi connectivity index (χ1n) is 5.00. The van der Waals surface area contributed by atoms with Crippen LogP contribution >= 0.6 is 27.5 Å². The lowest BCUT2D eigenvalue weighted by atomic mass is 10.3. The summed E-state index contributed by atoms with van der Waals surface area (Å²) < 4.78 is 6.23. The van der Waals surface area contributed by atoms with E-state index in [-0.39, 0.29) is 0 Å². The number of nitrogens with one attached hydrogen (secondary N) is 1. The van der Waals surface area contributed by atoms with Gasteiger partial charge in [-0.2, -0.15) is 0 Å². The number of ether oxygens (including phenoxy) is 1. The second kappa shape index (κ2) is 7.09. The maximum absolute atomic E-state index is 6.05. The summed E-state index contributed by atoms with van der Waals surface area (Å²) in [6.45, 7) is 4.44. The van der Waals surface area contributed by atoms with Gasteiger partial charge in [-0.05, 0) is 31.5 Å². The van der Waals surface area contributed by atoms with Crippen LogP contribution in [-0.2, 0) is 4.74 Å². The molecule has 0 bridgehead atoms. The molecule has 0 unspecified atom stereocenters. The molecule has 1 aromatic rings. The first-order valence-corrected chi connectivity index (χ1v) is 6.17. The predicted molar refractivity (Wildman–Crippen MR) is 68.8 cm³/mol. The van der Waals surface area contributed by atoms with Crippen LogP contribution in [0.2, 0.25) is 5.02 Å². The second-order valence-corrected chi connectivity index (χ2v) is 4.42.